The molecule has 3 heterocycles. The van der Waals surface area contributed by atoms with Gasteiger partial charge in [0.15, 0.2) is 0 Å². The summed E-state index contributed by atoms with van der Waals surface area (Å²) in [5, 5.41) is 0. The monoisotopic (exact) mass is 581 g/mol. The molecule has 1 aromatic heterocycles. The number of rotatable bonds is 4. The summed E-state index contributed by atoms with van der Waals surface area (Å²) in [5.74, 6) is 1.15. The lowest BCUT2D eigenvalue weighted by Gasteiger charge is -2.36. The van der Waals surface area contributed by atoms with E-state index >= 15 is 0 Å². The largest absolute Gasteiger partial charge is 0.350 e. The molecule has 0 amide bonds. The van der Waals surface area contributed by atoms with Crippen molar-refractivity contribution in [1.82, 2.24) is 9.47 Å². The second-order valence-electron chi connectivity index (χ2n) is 11.9. The Labute approximate surface area is 265 Å². The van der Waals surface area contributed by atoms with Crippen molar-refractivity contribution in [1.29, 1.82) is 0 Å². The summed E-state index contributed by atoms with van der Waals surface area (Å²) in [4.78, 5) is 4.90. The number of hydrogen-bond acceptors (Lipinski definition) is 2. The molecule has 0 aliphatic carbocycles. The number of likely N-dealkylation sites (N-methyl/N-ethyl adjacent to an activating group) is 1. The minimum absolute atomic E-state index is 0.0719. The summed E-state index contributed by atoms with van der Waals surface area (Å²) in [7, 11) is 2.23. The number of benzene rings is 5. The van der Waals surface area contributed by atoms with Crippen molar-refractivity contribution in [2.45, 2.75) is 19.9 Å². The van der Waals surface area contributed by atoms with Crippen LogP contribution in [-0.2, 0) is 0 Å². The first kappa shape index (κ1) is 27.0. The molecule has 0 fully saturated rings. The van der Waals surface area contributed by atoms with Gasteiger partial charge in [-0.3, -0.25) is 4.57 Å². The van der Waals surface area contributed by atoms with E-state index in [0.717, 1.165) is 11.5 Å². The molecule has 45 heavy (non-hydrogen) atoms. The van der Waals surface area contributed by atoms with Gasteiger partial charge < -0.3 is 9.80 Å². The van der Waals surface area contributed by atoms with Crippen molar-refractivity contribution >= 4 is 28.5 Å². The highest BCUT2D eigenvalue weighted by molar-refractivity contribution is 6.04. The van der Waals surface area contributed by atoms with Gasteiger partial charge in [0, 0.05) is 29.6 Å². The molecule has 2 aliphatic heterocycles. The number of fused-ring (bicyclic) bond motifs is 5. The van der Waals surface area contributed by atoms with Crippen molar-refractivity contribution < 1.29 is 0 Å². The van der Waals surface area contributed by atoms with E-state index in [9.17, 15) is 0 Å². The van der Waals surface area contributed by atoms with Gasteiger partial charge in [-0.25, -0.2) is 0 Å². The van der Waals surface area contributed by atoms with Crippen molar-refractivity contribution in [3.8, 4) is 22.4 Å². The summed E-state index contributed by atoms with van der Waals surface area (Å²) in [6, 6.07) is 50.2. The van der Waals surface area contributed by atoms with Crippen LogP contribution in [0.1, 0.15) is 28.4 Å². The molecule has 6 aromatic rings. The Morgan fingerprint density at radius 2 is 1.16 bits per heavy atom. The van der Waals surface area contributed by atoms with Crippen LogP contribution in [0.3, 0.4) is 0 Å². The van der Waals surface area contributed by atoms with Crippen LogP contribution in [0, 0.1) is 13.8 Å². The van der Waals surface area contributed by atoms with E-state index in [0.29, 0.717) is 0 Å². The summed E-state index contributed by atoms with van der Waals surface area (Å²) >= 11 is 0. The van der Waals surface area contributed by atoms with Crippen LogP contribution in [0.2, 0.25) is 0 Å². The smallest absolute Gasteiger partial charge is 0.114 e. The summed E-state index contributed by atoms with van der Waals surface area (Å²) in [6.07, 6.45) is 4.77. The third-order valence-electron chi connectivity index (χ3n) is 9.41. The van der Waals surface area contributed by atoms with Crippen molar-refractivity contribution in [3.63, 3.8) is 0 Å². The van der Waals surface area contributed by atoms with E-state index in [2.05, 4.69) is 187 Å². The normalized spacial score (nSPS) is 15.4. The number of aromatic nitrogens is 1. The van der Waals surface area contributed by atoms with E-state index in [4.69, 9.17) is 0 Å². The first-order valence-corrected chi connectivity index (χ1v) is 15.6. The highest BCUT2D eigenvalue weighted by Crippen LogP contribution is 2.54. The molecular formula is C42H35N3. The third-order valence-corrected chi connectivity index (χ3v) is 9.41. The molecule has 3 heteroatoms. The standard InChI is InChI=1S/C42H35N3/c1-29-30(2)44(40-28-33(31-17-7-4-8-18-31)27-39(43(40)3)32-19-9-5-10-20-32)42-37-25-14-13-23-35(37)36-24-15-16-26-38(36)45(41(29)42)34-21-11-6-12-22-34/h4-28,39H,1-3H3. The molecular weight excluding hydrogens is 546 g/mol. The SMILES string of the molecule is Cc1c2c(n(C3=CC(c4ccccc4)=CC(c4ccccc4)N3C)c1C)-c1ccccc1-c1ccccc1N2c1ccccc1. The minimum atomic E-state index is 0.0719. The molecule has 3 nitrogen and oxygen atoms in total. The second kappa shape index (κ2) is 10.9. The Morgan fingerprint density at radius 1 is 0.578 bits per heavy atom. The molecule has 2 aliphatic rings. The fraction of sp³-hybridized carbons (Fsp3) is 0.0952. The van der Waals surface area contributed by atoms with Crippen LogP contribution >= 0.6 is 0 Å². The number of nitrogens with zero attached hydrogens (tertiary/aromatic N) is 3. The summed E-state index contributed by atoms with van der Waals surface area (Å²) < 4.78 is 2.51. The maximum Gasteiger partial charge on any atom is 0.114 e. The molecule has 1 atom stereocenters. The van der Waals surface area contributed by atoms with Gasteiger partial charge in [0.05, 0.1) is 23.1 Å². The average Bonchev–Trinajstić information content (AvgIpc) is 3.27. The number of anilines is 3. The topological polar surface area (TPSA) is 11.4 Å². The zero-order valence-electron chi connectivity index (χ0n) is 25.9. The van der Waals surface area contributed by atoms with E-state index in [1.54, 1.807) is 0 Å². The predicted octanol–water partition coefficient (Wildman–Crippen LogP) is 10.8. The molecule has 0 bridgehead atoms. The Bertz CT molecular complexity index is 2090. The van der Waals surface area contributed by atoms with Crippen molar-refractivity contribution in [2.24, 2.45) is 0 Å². The Morgan fingerprint density at radius 3 is 1.87 bits per heavy atom. The molecule has 0 N–H and O–H groups in total. The van der Waals surface area contributed by atoms with E-state index < -0.39 is 0 Å². The summed E-state index contributed by atoms with van der Waals surface area (Å²) in [6.45, 7) is 4.55. The van der Waals surface area contributed by atoms with Crippen LogP contribution in [-0.4, -0.2) is 16.5 Å². The van der Waals surface area contributed by atoms with Crippen LogP contribution in [0.4, 0.5) is 17.1 Å². The zero-order chi connectivity index (χ0) is 30.5. The van der Waals surface area contributed by atoms with Gasteiger partial charge in [0.1, 0.15) is 5.82 Å². The molecule has 1 unspecified atom stereocenters. The van der Waals surface area contributed by atoms with E-state index in [-0.39, 0.29) is 6.04 Å². The lowest BCUT2D eigenvalue weighted by Crippen LogP contribution is -2.28. The summed E-state index contributed by atoms with van der Waals surface area (Å²) in [5.41, 5.74) is 14.7. The van der Waals surface area contributed by atoms with Crippen molar-refractivity contribution in [2.75, 3.05) is 11.9 Å². The van der Waals surface area contributed by atoms with E-state index in [1.165, 1.54) is 61.7 Å². The highest BCUT2D eigenvalue weighted by Gasteiger charge is 2.35. The molecule has 0 saturated heterocycles. The van der Waals surface area contributed by atoms with Gasteiger partial charge in [-0.05, 0) is 72.0 Å². The fourth-order valence-electron chi connectivity index (χ4n) is 7.10. The third kappa shape index (κ3) is 4.35. The van der Waals surface area contributed by atoms with Gasteiger partial charge in [-0.2, -0.15) is 0 Å². The Kier molecular flexibility index (Phi) is 6.53. The van der Waals surface area contributed by atoms with Gasteiger partial charge in [0.25, 0.3) is 0 Å². The zero-order valence-corrected chi connectivity index (χ0v) is 25.9. The first-order chi connectivity index (χ1) is 22.1. The van der Waals surface area contributed by atoms with Crippen molar-refractivity contribution in [3.05, 3.63) is 174 Å². The lowest BCUT2D eigenvalue weighted by atomic mass is 9.94. The Balaban J connectivity index is 1.45. The van der Waals surface area contributed by atoms with Crippen LogP contribution in [0.15, 0.2) is 152 Å². The molecule has 0 radical (unpaired) electrons. The quantitative estimate of drug-likeness (QED) is 0.205. The maximum atomic E-state index is 2.51. The average molecular weight is 582 g/mol. The molecule has 5 aromatic carbocycles. The molecule has 218 valence electrons. The first-order valence-electron chi connectivity index (χ1n) is 15.6. The van der Waals surface area contributed by atoms with Crippen LogP contribution < -0.4 is 4.90 Å². The van der Waals surface area contributed by atoms with Gasteiger partial charge in [0.2, 0.25) is 0 Å². The Hall–Kier alpha value is -5.54. The minimum Gasteiger partial charge on any atom is -0.350 e. The van der Waals surface area contributed by atoms with E-state index in [1.807, 2.05) is 0 Å². The van der Waals surface area contributed by atoms with Gasteiger partial charge in [-0.15, -0.1) is 0 Å². The number of para-hydroxylation sites is 2. The fourth-order valence-corrected chi connectivity index (χ4v) is 7.10. The number of allylic oxidation sites excluding steroid dienone is 2. The van der Waals surface area contributed by atoms with Crippen LogP contribution in [0.5, 0.6) is 0 Å². The molecule has 8 rings (SSSR count). The van der Waals surface area contributed by atoms with Gasteiger partial charge >= 0.3 is 0 Å². The lowest BCUT2D eigenvalue weighted by molar-refractivity contribution is 0.393. The maximum absolute atomic E-state index is 2.51. The highest BCUT2D eigenvalue weighted by atomic mass is 15.3. The van der Waals surface area contributed by atoms with Gasteiger partial charge in [-0.1, -0.05) is 121 Å². The van der Waals surface area contributed by atoms with Crippen LogP contribution in [0.25, 0.3) is 33.8 Å². The molecule has 0 spiro atoms. The number of hydrogen-bond donors (Lipinski definition) is 0. The second-order valence-corrected chi connectivity index (χ2v) is 11.9. The predicted molar refractivity (Wildman–Crippen MR) is 189 cm³/mol. The molecule has 0 saturated carbocycles.